The van der Waals surface area contributed by atoms with Gasteiger partial charge in [0.1, 0.15) is 12.6 Å². The molecule has 0 bridgehead atoms. The maximum absolute atomic E-state index is 13.9. The smallest absolute Gasteiger partial charge is 0.264 e. The third-order valence-corrected chi connectivity index (χ3v) is 8.61. The molecule has 0 saturated carbocycles. The number of nitrogens with zero attached hydrogens (tertiary/aromatic N) is 2. The number of aryl methyl sites for hydroxylation is 2. The van der Waals surface area contributed by atoms with Crippen molar-refractivity contribution in [2.45, 2.75) is 52.1 Å². The largest absolute Gasteiger partial charge is 0.354 e. The van der Waals surface area contributed by atoms with Gasteiger partial charge in [0.2, 0.25) is 11.8 Å². The summed E-state index contributed by atoms with van der Waals surface area (Å²) in [6.07, 6.45) is 0. The molecule has 3 aromatic rings. The van der Waals surface area contributed by atoms with Crippen LogP contribution in [0.4, 0.5) is 5.69 Å². The topological polar surface area (TPSA) is 86.8 Å². The second-order valence-corrected chi connectivity index (χ2v) is 12.9. The number of anilines is 1. The molecule has 0 aliphatic heterocycles. The van der Waals surface area contributed by atoms with Crippen LogP contribution in [0.15, 0.2) is 82.2 Å². The fourth-order valence-electron chi connectivity index (χ4n) is 3.97. The molecule has 3 aromatic carbocycles. The van der Waals surface area contributed by atoms with Gasteiger partial charge in [0.25, 0.3) is 10.0 Å². The molecule has 0 aromatic heterocycles. The van der Waals surface area contributed by atoms with E-state index in [1.165, 1.54) is 4.90 Å². The number of nitrogens with one attached hydrogen (secondary N) is 1. The van der Waals surface area contributed by atoms with Crippen molar-refractivity contribution in [1.29, 1.82) is 0 Å². The van der Waals surface area contributed by atoms with Crippen LogP contribution in [0.3, 0.4) is 0 Å². The highest BCUT2D eigenvalue weighted by atomic mass is 79.9. The van der Waals surface area contributed by atoms with Gasteiger partial charge in [-0.05, 0) is 74.2 Å². The zero-order chi connectivity index (χ0) is 28.7. The molecule has 2 amide bonds. The third kappa shape index (κ3) is 8.16. The Labute approximate surface area is 240 Å². The molecule has 1 atom stereocenters. The second-order valence-electron chi connectivity index (χ2n) is 10.1. The lowest BCUT2D eigenvalue weighted by molar-refractivity contribution is -0.139. The number of amides is 2. The minimum absolute atomic E-state index is 0.0876. The summed E-state index contributed by atoms with van der Waals surface area (Å²) >= 11 is 3.42. The SMILES string of the molecule is Cc1ccc(S(=O)(=O)N(CC(=O)N(Cc2ccc(Br)cc2)[C@H](C)C(=O)NCC(C)C)c2cccc(C)c2)cc1. The van der Waals surface area contributed by atoms with E-state index in [1.807, 2.05) is 58.0 Å². The van der Waals surface area contributed by atoms with E-state index in [0.29, 0.717) is 12.2 Å². The standard InChI is InChI=1S/C30H36BrN3O4S/c1-21(2)18-32-30(36)24(5)33(19-25-11-13-26(31)14-12-25)29(35)20-34(27-8-6-7-23(4)17-27)39(37,38)28-15-9-22(3)10-16-28/h6-17,21,24H,18-20H2,1-5H3,(H,32,36)/t24-/m1/s1. The van der Waals surface area contributed by atoms with E-state index >= 15 is 0 Å². The number of benzene rings is 3. The van der Waals surface area contributed by atoms with E-state index in [1.54, 1.807) is 49.4 Å². The summed E-state index contributed by atoms with van der Waals surface area (Å²) in [5.74, 6) is -0.534. The normalized spacial score (nSPS) is 12.2. The number of carbonyl (C=O) groups is 2. The molecule has 0 fully saturated rings. The fraction of sp³-hybridized carbons (Fsp3) is 0.333. The third-order valence-electron chi connectivity index (χ3n) is 6.30. The highest BCUT2D eigenvalue weighted by Gasteiger charge is 2.32. The zero-order valence-electron chi connectivity index (χ0n) is 23.0. The van der Waals surface area contributed by atoms with Crippen molar-refractivity contribution in [2.75, 3.05) is 17.4 Å². The summed E-state index contributed by atoms with van der Waals surface area (Å²) in [7, 11) is -4.08. The molecule has 0 heterocycles. The molecule has 0 saturated heterocycles. The van der Waals surface area contributed by atoms with Crippen molar-refractivity contribution in [3.8, 4) is 0 Å². The average Bonchev–Trinajstić information content (AvgIpc) is 2.89. The van der Waals surface area contributed by atoms with E-state index < -0.39 is 28.5 Å². The van der Waals surface area contributed by atoms with E-state index in [0.717, 1.165) is 25.5 Å². The second kappa shape index (κ2) is 13.3. The maximum atomic E-state index is 13.9. The lowest BCUT2D eigenvalue weighted by Gasteiger charge is -2.32. The van der Waals surface area contributed by atoms with Crippen molar-refractivity contribution in [3.05, 3.63) is 94.0 Å². The first-order valence-electron chi connectivity index (χ1n) is 12.9. The Bertz CT molecular complexity index is 1390. The Hall–Kier alpha value is -3.17. The van der Waals surface area contributed by atoms with Crippen LogP contribution in [0, 0.1) is 19.8 Å². The van der Waals surface area contributed by atoms with Crippen LogP contribution in [0.25, 0.3) is 0 Å². The van der Waals surface area contributed by atoms with Gasteiger partial charge in [-0.3, -0.25) is 13.9 Å². The molecular weight excluding hydrogens is 578 g/mol. The first-order chi connectivity index (χ1) is 18.4. The van der Waals surface area contributed by atoms with Crippen LogP contribution in [0.2, 0.25) is 0 Å². The Morgan fingerprint density at radius 1 is 0.897 bits per heavy atom. The highest BCUT2D eigenvalue weighted by molar-refractivity contribution is 9.10. The summed E-state index contributed by atoms with van der Waals surface area (Å²) in [5, 5.41) is 2.89. The fourth-order valence-corrected chi connectivity index (χ4v) is 5.64. The Balaban J connectivity index is 2.01. The minimum Gasteiger partial charge on any atom is -0.354 e. The van der Waals surface area contributed by atoms with Crippen molar-refractivity contribution in [3.63, 3.8) is 0 Å². The number of carbonyl (C=O) groups excluding carboxylic acids is 2. The molecule has 9 heteroatoms. The summed E-state index contributed by atoms with van der Waals surface area (Å²) in [4.78, 5) is 28.5. The van der Waals surface area contributed by atoms with Crippen LogP contribution >= 0.6 is 15.9 Å². The van der Waals surface area contributed by atoms with Crippen LogP contribution in [0.1, 0.15) is 37.5 Å². The van der Waals surface area contributed by atoms with Gasteiger partial charge >= 0.3 is 0 Å². The molecule has 1 N–H and O–H groups in total. The molecule has 0 radical (unpaired) electrons. The lowest BCUT2D eigenvalue weighted by Crippen LogP contribution is -2.51. The van der Waals surface area contributed by atoms with Gasteiger partial charge in [-0.15, -0.1) is 0 Å². The highest BCUT2D eigenvalue weighted by Crippen LogP contribution is 2.26. The van der Waals surface area contributed by atoms with Gasteiger partial charge in [-0.1, -0.05) is 71.7 Å². The molecule has 0 unspecified atom stereocenters. The van der Waals surface area contributed by atoms with Crippen molar-refractivity contribution in [1.82, 2.24) is 10.2 Å². The van der Waals surface area contributed by atoms with Crippen LogP contribution in [0.5, 0.6) is 0 Å². The summed E-state index contributed by atoms with van der Waals surface area (Å²) in [5.41, 5.74) is 2.98. The first kappa shape index (κ1) is 30.4. The van der Waals surface area contributed by atoms with E-state index in [-0.39, 0.29) is 23.3 Å². The number of hydrogen-bond acceptors (Lipinski definition) is 4. The number of halogens is 1. The predicted molar refractivity (Wildman–Crippen MR) is 159 cm³/mol. The van der Waals surface area contributed by atoms with Gasteiger partial charge in [-0.25, -0.2) is 8.42 Å². The number of rotatable bonds is 11. The summed E-state index contributed by atoms with van der Waals surface area (Å²) < 4.78 is 29.7. The van der Waals surface area contributed by atoms with Crippen LogP contribution in [-0.4, -0.2) is 44.3 Å². The molecule has 208 valence electrons. The van der Waals surface area contributed by atoms with Crippen LogP contribution in [-0.2, 0) is 26.2 Å². The molecule has 3 rings (SSSR count). The molecule has 0 aliphatic carbocycles. The quantitative estimate of drug-likeness (QED) is 0.311. The molecule has 0 spiro atoms. The Kier molecular flexibility index (Phi) is 10.3. The molecule has 0 aliphatic rings. The van der Waals surface area contributed by atoms with E-state index in [9.17, 15) is 18.0 Å². The molecule has 39 heavy (non-hydrogen) atoms. The van der Waals surface area contributed by atoms with Crippen molar-refractivity contribution < 1.29 is 18.0 Å². The van der Waals surface area contributed by atoms with Crippen molar-refractivity contribution in [2.24, 2.45) is 5.92 Å². The van der Waals surface area contributed by atoms with Gasteiger partial charge in [0, 0.05) is 17.6 Å². The first-order valence-corrected chi connectivity index (χ1v) is 15.1. The maximum Gasteiger partial charge on any atom is 0.264 e. The van der Waals surface area contributed by atoms with E-state index in [4.69, 9.17) is 0 Å². The zero-order valence-corrected chi connectivity index (χ0v) is 25.4. The monoisotopic (exact) mass is 613 g/mol. The summed E-state index contributed by atoms with van der Waals surface area (Å²) in [6.45, 7) is 9.55. The predicted octanol–water partition coefficient (Wildman–Crippen LogP) is 5.45. The number of hydrogen-bond donors (Lipinski definition) is 1. The minimum atomic E-state index is -4.08. The van der Waals surface area contributed by atoms with Gasteiger partial charge < -0.3 is 10.2 Å². The van der Waals surface area contributed by atoms with Crippen molar-refractivity contribution >= 4 is 43.5 Å². The van der Waals surface area contributed by atoms with Gasteiger partial charge in [0.05, 0.1) is 10.6 Å². The van der Waals surface area contributed by atoms with Crippen LogP contribution < -0.4 is 9.62 Å². The van der Waals surface area contributed by atoms with Gasteiger partial charge in [-0.2, -0.15) is 0 Å². The lowest BCUT2D eigenvalue weighted by atomic mass is 10.1. The molecule has 7 nitrogen and oxygen atoms in total. The van der Waals surface area contributed by atoms with E-state index in [2.05, 4.69) is 21.2 Å². The Morgan fingerprint density at radius 2 is 1.54 bits per heavy atom. The summed E-state index contributed by atoms with van der Waals surface area (Å²) in [6, 6.07) is 20.2. The average molecular weight is 615 g/mol. The Morgan fingerprint density at radius 3 is 2.13 bits per heavy atom. The van der Waals surface area contributed by atoms with Gasteiger partial charge in [0.15, 0.2) is 0 Å². The molecular formula is C30H36BrN3O4S. The number of sulfonamides is 1.